The molecule has 0 aliphatic carbocycles. The summed E-state index contributed by atoms with van der Waals surface area (Å²) in [6.45, 7) is 3.88. The number of carbonyl (C=O) groups excluding carboxylic acids is 1. The van der Waals surface area contributed by atoms with E-state index in [0.29, 0.717) is 11.4 Å². The van der Waals surface area contributed by atoms with Crippen LogP contribution >= 0.6 is 0 Å². The lowest BCUT2D eigenvalue weighted by Gasteiger charge is -2.09. The molecular formula is C17H16FN5O. The molecule has 0 aliphatic rings. The van der Waals surface area contributed by atoms with Gasteiger partial charge >= 0.3 is 0 Å². The first-order chi connectivity index (χ1) is 11.5. The summed E-state index contributed by atoms with van der Waals surface area (Å²) in [5.41, 5.74) is 9.24. The lowest BCUT2D eigenvalue weighted by atomic mass is 10.1. The number of anilines is 2. The molecule has 6 nitrogen and oxygen atoms in total. The Morgan fingerprint density at radius 1 is 1.17 bits per heavy atom. The van der Waals surface area contributed by atoms with Crippen LogP contribution in [0, 0.1) is 19.7 Å². The Balaban J connectivity index is 1.89. The van der Waals surface area contributed by atoms with E-state index in [2.05, 4.69) is 15.6 Å². The van der Waals surface area contributed by atoms with Gasteiger partial charge in [0.05, 0.1) is 5.69 Å². The predicted molar refractivity (Wildman–Crippen MR) is 89.6 cm³/mol. The van der Waals surface area contributed by atoms with Crippen molar-refractivity contribution in [1.29, 1.82) is 0 Å². The zero-order chi connectivity index (χ0) is 17.3. The number of nitrogens with two attached hydrogens (primary N) is 1. The predicted octanol–water partition coefficient (Wildman–Crippen LogP) is 2.86. The lowest BCUT2D eigenvalue weighted by Crippen LogP contribution is -2.16. The van der Waals surface area contributed by atoms with E-state index >= 15 is 0 Å². The zero-order valence-electron chi connectivity index (χ0n) is 13.2. The number of hydrogen-bond donors (Lipinski definition) is 2. The molecule has 1 aromatic heterocycles. The quantitative estimate of drug-likeness (QED) is 0.775. The average molecular weight is 325 g/mol. The maximum absolute atomic E-state index is 13.0. The van der Waals surface area contributed by atoms with Crippen molar-refractivity contribution in [3.05, 3.63) is 65.1 Å². The highest BCUT2D eigenvalue weighted by atomic mass is 19.1. The maximum Gasteiger partial charge on any atom is 0.280 e. The number of nitrogens with zero attached hydrogens (tertiary/aromatic N) is 3. The Morgan fingerprint density at radius 3 is 2.58 bits per heavy atom. The van der Waals surface area contributed by atoms with E-state index in [1.54, 1.807) is 6.07 Å². The topological polar surface area (TPSA) is 85.8 Å². The molecule has 0 aliphatic heterocycles. The van der Waals surface area contributed by atoms with Gasteiger partial charge in [-0.1, -0.05) is 17.3 Å². The van der Waals surface area contributed by atoms with E-state index < -0.39 is 5.91 Å². The number of nitrogens with one attached hydrogen (secondary N) is 1. The molecule has 2 aromatic carbocycles. The minimum Gasteiger partial charge on any atom is -0.382 e. The normalized spacial score (nSPS) is 10.6. The monoisotopic (exact) mass is 325 g/mol. The number of amides is 1. The largest absolute Gasteiger partial charge is 0.382 e. The second kappa shape index (κ2) is 6.11. The smallest absolute Gasteiger partial charge is 0.280 e. The van der Waals surface area contributed by atoms with Gasteiger partial charge in [0.15, 0.2) is 11.5 Å². The van der Waals surface area contributed by atoms with Crippen molar-refractivity contribution < 1.29 is 9.18 Å². The van der Waals surface area contributed by atoms with Crippen molar-refractivity contribution in [3.63, 3.8) is 0 Å². The van der Waals surface area contributed by atoms with Crippen molar-refractivity contribution in [2.45, 2.75) is 13.8 Å². The lowest BCUT2D eigenvalue weighted by molar-refractivity contribution is 0.102. The Hall–Kier alpha value is -3.22. The first-order valence-corrected chi connectivity index (χ1v) is 7.32. The maximum atomic E-state index is 13.0. The van der Waals surface area contributed by atoms with Crippen molar-refractivity contribution in [3.8, 4) is 5.69 Å². The van der Waals surface area contributed by atoms with Gasteiger partial charge in [0.25, 0.3) is 5.91 Å². The minimum atomic E-state index is -0.449. The molecular weight excluding hydrogens is 309 g/mol. The summed E-state index contributed by atoms with van der Waals surface area (Å²) in [7, 11) is 0. The van der Waals surface area contributed by atoms with Crippen LogP contribution < -0.4 is 11.1 Å². The van der Waals surface area contributed by atoms with E-state index in [4.69, 9.17) is 5.73 Å². The molecule has 0 spiro atoms. The van der Waals surface area contributed by atoms with Gasteiger partial charge in [-0.2, -0.15) is 4.68 Å². The summed E-state index contributed by atoms with van der Waals surface area (Å²) in [5, 5.41) is 10.5. The van der Waals surface area contributed by atoms with Gasteiger partial charge < -0.3 is 11.1 Å². The number of rotatable bonds is 3. The minimum absolute atomic E-state index is 0.0141. The molecule has 0 unspecified atom stereocenters. The molecule has 7 heteroatoms. The summed E-state index contributed by atoms with van der Waals surface area (Å²) >= 11 is 0. The highest BCUT2D eigenvalue weighted by molar-refractivity contribution is 6.06. The van der Waals surface area contributed by atoms with Gasteiger partial charge in [0, 0.05) is 5.69 Å². The number of halogens is 1. The number of nitrogen functional groups attached to an aromatic ring is 1. The third kappa shape index (κ3) is 2.83. The summed E-state index contributed by atoms with van der Waals surface area (Å²) in [5.74, 6) is -0.732. The van der Waals surface area contributed by atoms with Crippen LogP contribution in [0.25, 0.3) is 5.69 Å². The van der Waals surface area contributed by atoms with Crippen LogP contribution in [0.5, 0.6) is 0 Å². The third-order valence-corrected chi connectivity index (χ3v) is 3.84. The molecule has 0 fully saturated rings. The molecule has 1 heterocycles. The highest BCUT2D eigenvalue weighted by Gasteiger charge is 2.19. The van der Waals surface area contributed by atoms with Crippen LogP contribution in [0.3, 0.4) is 0 Å². The zero-order valence-corrected chi connectivity index (χ0v) is 13.2. The van der Waals surface area contributed by atoms with E-state index in [1.165, 1.54) is 28.9 Å². The molecule has 3 aromatic rings. The summed E-state index contributed by atoms with van der Waals surface area (Å²) in [6, 6.07) is 11.2. The Kier molecular flexibility index (Phi) is 3.99. The van der Waals surface area contributed by atoms with Gasteiger partial charge in [0.1, 0.15) is 5.82 Å². The van der Waals surface area contributed by atoms with E-state index in [-0.39, 0.29) is 17.3 Å². The number of aromatic nitrogens is 3. The fraction of sp³-hybridized carbons (Fsp3) is 0.118. The van der Waals surface area contributed by atoms with Crippen molar-refractivity contribution in [1.82, 2.24) is 15.0 Å². The molecule has 1 amide bonds. The fourth-order valence-corrected chi connectivity index (χ4v) is 2.29. The van der Waals surface area contributed by atoms with Crippen LogP contribution in [-0.2, 0) is 0 Å². The summed E-state index contributed by atoms with van der Waals surface area (Å²) < 4.78 is 14.3. The molecule has 3 N–H and O–H groups in total. The number of carbonyl (C=O) groups is 1. The first-order valence-electron chi connectivity index (χ1n) is 7.32. The van der Waals surface area contributed by atoms with E-state index in [1.807, 2.05) is 26.0 Å². The first kappa shape index (κ1) is 15.7. The van der Waals surface area contributed by atoms with Gasteiger partial charge in [-0.15, -0.1) is 5.10 Å². The molecule has 0 atom stereocenters. The second-order valence-electron chi connectivity index (χ2n) is 5.41. The van der Waals surface area contributed by atoms with Gasteiger partial charge in [0.2, 0.25) is 0 Å². The van der Waals surface area contributed by atoms with Crippen LogP contribution in [0.15, 0.2) is 42.5 Å². The van der Waals surface area contributed by atoms with Crippen LogP contribution in [0.2, 0.25) is 0 Å². The molecule has 24 heavy (non-hydrogen) atoms. The molecule has 0 saturated heterocycles. The van der Waals surface area contributed by atoms with Crippen molar-refractivity contribution in [2.24, 2.45) is 0 Å². The highest BCUT2D eigenvalue weighted by Crippen LogP contribution is 2.20. The van der Waals surface area contributed by atoms with Crippen LogP contribution in [-0.4, -0.2) is 20.9 Å². The van der Waals surface area contributed by atoms with Gasteiger partial charge in [-0.25, -0.2) is 4.39 Å². The fourth-order valence-electron chi connectivity index (χ4n) is 2.29. The van der Waals surface area contributed by atoms with Crippen molar-refractivity contribution >= 4 is 17.4 Å². The SMILES string of the molecule is Cc1cccc(NC(=O)c2nnn(-c3ccc(F)cc3)c2N)c1C. The van der Waals surface area contributed by atoms with E-state index in [9.17, 15) is 9.18 Å². The summed E-state index contributed by atoms with van der Waals surface area (Å²) in [6.07, 6.45) is 0. The van der Waals surface area contributed by atoms with Crippen LogP contribution in [0.4, 0.5) is 15.9 Å². The molecule has 0 bridgehead atoms. The second-order valence-corrected chi connectivity index (χ2v) is 5.41. The third-order valence-electron chi connectivity index (χ3n) is 3.84. The molecule has 0 saturated carbocycles. The Bertz CT molecular complexity index is 902. The number of hydrogen-bond acceptors (Lipinski definition) is 4. The molecule has 0 radical (unpaired) electrons. The van der Waals surface area contributed by atoms with E-state index in [0.717, 1.165) is 11.1 Å². The number of aryl methyl sites for hydroxylation is 1. The van der Waals surface area contributed by atoms with Crippen LogP contribution in [0.1, 0.15) is 21.6 Å². The molecule has 122 valence electrons. The Labute approximate surface area is 138 Å². The van der Waals surface area contributed by atoms with Crippen molar-refractivity contribution in [2.75, 3.05) is 11.1 Å². The standard InChI is InChI=1S/C17H16FN5O/c1-10-4-3-5-14(11(10)2)20-17(24)15-16(19)23(22-21-15)13-8-6-12(18)7-9-13/h3-9H,19H2,1-2H3,(H,20,24). The molecule has 3 rings (SSSR count). The van der Waals surface area contributed by atoms with Gasteiger partial charge in [-0.3, -0.25) is 4.79 Å². The Morgan fingerprint density at radius 2 is 1.88 bits per heavy atom. The average Bonchev–Trinajstić information content (AvgIpc) is 2.94. The summed E-state index contributed by atoms with van der Waals surface area (Å²) in [4.78, 5) is 12.4. The van der Waals surface area contributed by atoms with Gasteiger partial charge in [-0.05, 0) is 55.3 Å². The number of benzene rings is 2.